The molecule has 17 heavy (non-hydrogen) atoms. The average Bonchev–Trinajstić information content (AvgIpc) is 2.58. The van der Waals surface area contributed by atoms with Gasteiger partial charge in [-0.25, -0.2) is 0 Å². The largest absolute Gasteiger partial charge is 0.317 e. The number of rotatable bonds is 3. The van der Waals surface area contributed by atoms with Gasteiger partial charge in [-0.3, -0.25) is 0 Å². The fraction of sp³-hybridized carbons (Fsp3) is 0.600. The molecule has 0 radical (unpaired) electrons. The minimum Gasteiger partial charge on any atom is -0.317 e. The molecule has 1 saturated heterocycles. The van der Waals surface area contributed by atoms with E-state index >= 15 is 0 Å². The molecule has 1 aliphatic heterocycles. The van der Waals surface area contributed by atoms with E-state index in [4.69, 9.17) is 0 Å². The minimum atomic E-state index is 0.458. The molecule has 1 heterocycles. The van der Waals surface area contributed by atoms with E-state index in [0.717, 1.165) is 6.54 Å². The molecule has 1 fully saturated rings. The molecule has 0 saturated carbocycles. The maximum Gasteiger partial charge on any atom is 0.0296 e. The molecule has 2 heteroatoms. The first-order valence-electron chi connectivity index (χ1n) is 6.79. The molecular formula is C15H24N2. The second kappa shape index (κ2) is 6.18. The summed E-state index contributed by atoms with van der Waals surface area (Å²) in [6.07, 6.45) is 3.83. The average molecular weight is 232 g/mol. The molecule has 1 aromatic carbocycles. The van der Waals surface area contributed by atoms with Crippen LogP contribution < -0.4 is 10.6 Å². The third kappa shape index (κ3) is 3.55. The number of nitrogens with one attached hydrogen (secondary N) is 2. The van der Waals surface area contributed by atoms with Crippen LogP contribution in [0.5, 0.6) is 0 Å². The van der Waals surface area contributed by atoms with Crippen molar-refractivity contribution in [2.45, 2.75) is 45.2 Å². The molecular weight excluding hydrogens is 208 g/mol. The Hall–Kier alpha value is -0.860. The lowest BCUT2D eigenvalue weighted by Gasteiger charge is -2.23. The van der Waals surface area contributed by atoms with E-state index in [1.165, 1.54) is 36.9 Å². The molecule has 0 spiro atoms. The minimum absolute atomic E-state index is 0.458. The highest BCUT2D eigenvalue weighted by atomic mass is 15.0. The summed E-state index contributed by atoms with van der Waals surface area (Å²) >= 11 is 0. The van der Waals surface area contributed by atoms with Crippen molar-refractivity contribution in [2.24, 2.45) is 0 Å². The molecule has 0 bridgehead atoms. The van der Waals surface area contributed by atoms with Gasteiger partial charge in [0.1, 0.15) is 0 Å². The highest BCUT2D eigenvalue weighted by Gasteiger charge is 2.15. The van der Waals surface area contributed by atoms with Crippen molar-refractivity contribution in [1.82, 2.24) is 10.6 Å². The normalized spacial score (nSPS) is 23.1. The Labute approximate surface area is 105 Å². The van der Waals surface area contributed by atoms with Crippen molar-refractivity contribution in [3.63, 3.8) is 0 Å². The van der Waals surface area contributed by atoms with Crippen LogP contribution in [-0.4, -0.2) is 19.1 Å². The van der Waals surface area contributed by atoms with Gasteiger partial charge in [-0.15, -0.1) is 0 Å². The lowest BCUT2D eigenvalue weighted by atomic mass is 10.0. The van der Waals surface area contributed by atoms with Crippen LogP contribution in [0, 0.1) is 6.92 Å². The van der Waals surface area contributed by atoms with Crippen LogP contribution in [0.25, 0.3) is 0 Å². The van der Waals surface area contributed by atoms with Gasteiger partial charge in [-0.2, -0.15) is 0 Å². The number of aryl methyl sites for hydroxylation is 1. The Morgan fingerprint density at radius 3 is 2.88 bits per heavy atom. The molecule has 1 aliphatic rings. The Balaban J connectivity index is 1.96. The first-order chi connectivity index (χ1) is 8.27. The molecule has 0 aliphatic carbocycles. The number of benzene rings is 1. The number of hydrogen-bond donors (Lipinski definition) is 2. The van der Waals surface area contributed by atoms with E-state index in [-0.39, 0.29) is 0 Å². The summed E-state index contributed by atoms with van der Waals surface area (Å²) in [7, 11) is 0. The van der Waals surface area contributed by atoms with Gasteiger partial charge >= 0.3 is 0 Å². The zero-order valence-corrected chi connectivity index (χ0v) is 11.0. The highest BCUT2D eigenvalue weighted by Crippen LogP contribution is 2.19. The zero-order valence-electron chi connectivity index (χ0n) is 11.0. The summed E-state index contributed by atoms with van der Waals surface area (Å²) in [6, 6.07) is 9.80. The third-order valence-corrected chi connectivity index (χ3v) is 3.72. The Bertz CT molecular complexity index is 341. The van der Waals surface area contributed by atoms with Crippen molar-refractivity contribution in [3.05, 3.63) is 35.4 Å². The molecule has 1 aromatic rings. The van der Waals surface area contributed by atoms with Gasteiger partial charge in [0.15, 0.2) is 0 Å². The van der Waals surface area contributed by atoms with Crippen molar-refractivity contribution in [3.8, 4) is 0 Å². The lowest BCUT2D eigenvalue weighted by Crippen LogP contribution is -2.32. The Morgan fingerprint density at radius 1 is 1.24 bits per heavy atom. The predicted octanol–water partition coefficient (Wildman–Crippen LogP) is 2.79. The fourth-order valence-electron chi connectivity index (χ4n) is 2.70. The number of hydrogen-bond acceptors (Lipinski definition) is 2. The smallest absolute Gasteiger partial charge is 0.0296 e. The van der Waals surface area contributed by atoms with Gasteiger partial charge in [-0.1, -0.05) is 24.3 Å². The first-order valence-corrected chi connectivity index (χ1v) is 6.79. The van der Waals surface area contributed by atoms with Crippen LogP contribution in [0.1, 0.15) is 43.4 Å². The van der Waals surface area contributed by atoms with E-state index in [1.807, 2.05) is 0 Å². The molecule has 2 rings (SSSR count). The lowest BCUT2D eigenvalue weighted by molar-refractivity contribution is 0.420. The van der Waals surface area contributed by atoms with E-state index in [0.29, 0.717) is 12.1 Å². The summed E-state index contributed by atoms with van der Waals surface area (Å²) in [6.45, 7) is 6.80. The van der Waals surface area contributed by atoms with Crippen molar-refractivity contribution in [2.75, 3.05) is 13.1 Å². The maximum atomic E-state index is 3.78. The molecule has 1 unspecified atom stereocenters. The van der Waals surface area contributed by atoms with Gasteiger partial charge in [0, 0.05) is 12.1 Å². The van der Waals surface area contributed by atoms with Gasteiger partial charge in [-0.05, 0) is 57.3 Å². The monoisotopic (exact) mass is 232 g/mol. The van der Waals surface area contributed by atoms with Gasteiger partial charge < -0.3 is 10.6 Å². The first kappa shape index (κ1) is 12.6. The molecule has 0 amide bonds. The van der Waals surface area contributed by atoms with Crippen LogP contribution in [0.15, 0.2) is 24.3 Å². The summed E-state index contributed by atoms with van der Waals surface area (Å²) in [4.78, 5) is 0. The van der Waals surface area contributed by atoms with E-state index < -0.39 is 0 Å². The highest BCUT2D eigenvalue weighted by molar-refractivity contribution is 5.28. The fourth-order valence-corrected chi connectivity index (χ4v) is 2.70. The van der Waals surface area contributed by atoms with E-state index in [9.17, 15) is 0 Å². The van der Waals surface area contributed by atoms with Gasteiger partial charge in [0.25, 0.3) is 0 Å². The van der Waals surface area contributed by atoms with Crippen LogP contribution in [0.2, 0.25) is 0 Å². The van der Waals surface area contributed by atoms with Crippen LogP contribution in [-0.2, 0) is 0 Å². The molecule has 0 aromatic heterocycles. The quantitative estimate of drug-likeness (QED) is 0.837. The van der Waals surface area contributed by atoms with Gasteiger partial charge in [0.05, 0.1) is 0 Å². The van der Waals surface area contributed by atoms with Crippen molar-refractivity contribution < 1.29 is 0 Å². The van der Waals surface area contributed by atoms with Crippen LogP contribution >= 0.6 is 0 Å². The van der Waals surface area contributed by atoms with E-state index in [1.54, 1.807) is 0 Å². The summed E-state index contributed by atoms with van der Waals surface area (Å²) in [5.74, 6) is 0. The SMILES string of the molecule is Cc1ccccc1[C@H](C)NC1CCCNCC1. The Morgan fingerprint density at radius 2 is 2.06 bits per heavy atom. The summed E-state index contributed by atoms with van der Waals surface area (Å²) in [5.41, 5.74) is 2.82. The molecule has 2 N–H and O–H groups in total. The van der Waals surface area contributed by atoms with E-state index in [2.05, 4.69) is 48.7 Å². The summed E-state index contributed by atoms with van der Waals surface area (Å²) in [5, 5.41) is 7.24. The van der Waals surface area contributed by atoms with Crippen molar-refractivity contribution >= 4 is 0 Å². The standard InChI is InChI=1S/C15H24N2/c1-12-6-3-4-8-15(12)13(2)17-14-7-5-10-16-11-9-14/h3-4,6,8,13-14,16-17H,5,7,9-11H2,1-2H3/t13-,14?/m0/s1. The molecule has 2 atom stereocenters. The zero-order chi connectivity index (χ0) is 12.1. The van der Waals surface area contributed by atoms with Gasteiger partial charge in [0.2, 0.25) is 0 Å². The van der Waals surface area contributed by atoms with Crippen LogP contribution in [0.3, 0.4) is 0 Å². The topological polar surface area (TPSA) is 24.1 Å². The Kier molecular flexibility index (Phi) is 4.57. The predicted molar refractivity (Wildman–Crippen MR) is 73.2 cm³/mol. The molecule has 2 nitrogen and oxygen atoms in total. The summed E-state index contributed by atoms with van der Waals surface area (Å²) < 4.78 is 0. The third-order valence-electron chi connectivity index (χ3n) is 3.72. The second-order valence-corrected chi connectivity index (χ2v) is 5.12. The second-order valence-electron chi connectivity index (χ2n) is 5.12. The maximum absolute atomic E-state index is 3.78. The molecule has 94 valence electrons. The van der Waals surface area contributed by atoms with Crippen molar-refractivity contribution in [1.29, 1.82) is 0 Å². The van der Waals surface area contributed by atoms with Crippen LogP contribution in [0.4, 0.5) is 0 Å².